The van der Waals surface area contributed by atoms with E-state index in [0.717, 1.165) is 25.9 Å². The van der Waals surface area contributed by atoms with E-state index in [9.17, 15) is 4.79 Å². The third kappa shape index (κ3) is 2.70. The van der Waals surface area contributed by atoms with Gasteiger partial charge in [0.05, 0.1) is 0 Å². The van der Waals surface area contributed by atoms with E-state index in [-0.39, 0.29) is 5.91 Å². The Labute approximate surface area is 131 Å². The quantitative estimate of drug-likeness (QED) is 0.729. The summed E-state index contributed by atoms with van der Waals surface area (Å²) in [5, 5.41) is 15.1. The van der Waals surface area contributed by atoms with E-state index in [0.29, 0.717) is 22.8 Å². The molecular weight excluding hydrogens is 296 g/mol. The van der Waals surface area contributed by atoms with Crippen LogP contribution in [0.3, 0.4) is 0 Å². The maximum absolute atomic E-state index is 12.3. The van der Waals surface area contributed by atoms with E-state index in [1.807, 2.05) is 4.90 Å². The highest BCUT2D eigenvalue weighted by Crippen LogP contribution is 2.21. The fourth-order valence-corrected chi connectivity index (χ4v) is 2.58. The van der Waals surface area contributed by atoms with Gasteiger partial charge in [0.2, 0.25) is 5.88 Å². The van der Waals surface area contributed by atoms with E-state index in [4.69, 9.17) is 4.74 Å². The Hall–Kier alpha value is -3.03. The van der Waals surface area contributed by atoms with Crippen molar-refractivity contribution in [2.45, 2.75) is 12.8 Å². The molecule has 3 aromatic rings. The fourth-order valence-electron chi connectivity index (χ4n) is 2.58. The van der Waals surface area contributed by atoms with Gasteiger partial charge in [0, 0.05) is 24.7 Å². The van der Waals surface area contributed by atoms with Crippen LogP contribution in [0.2, 0.25) is 0 Å². The number of hydrogen-bond acceptors (Lipinski definition) is 6. The number of carbonyl (C=O) groups excluding carboxylic acids is 1. The van der Waals surface area contributed by atoms with Crippen LogP contribution in [0.4, 0.5) is 0 Å². The monoisotopic (exact) mass is 310 g/mol. The Bertz CT molecular complexity index is 839. The van der Waals surface area contributed by atoms with Crippen LogP contribution in [0.25, 0.3) is 5.65 Å². The van der Waals surface area contributed by atoms with Crippen molar-refractivity contribution in [2.24, 2.45) is 0 Å². The summed E-state index contributed by atoms with van der Waals surface area (Å²) in [6, 6.07) is 10.5. The molecule has 0 atom stereocenters. The summed E-state index contributed by atoms with van der Waals surface area (Å²) in [5.41, 5.74) is 1.21. The predicted molar refractivity (Wildman–Crippen MR) is 80.2 cm³/mol. The van der Waals surface area contributed by atoms with Crippen molar-refractivity contribution in [2.75, 3.05) is 13.1 Å². The highest BCUT2D eigenvalue weighted by molar-refractivity contribution is 5.94. The van der Waals surface area contributed by atoms with E-state index in [1.165, 1.54) is 4.63 Å². The molecule has 1 aromatic carbocycles. The standard InChI is InChI=1S/C15H14N6O2/c22-15(20-9-1-2-10-20)11-3-5-12(6-4-11)23-14-8-7-13-16-18-19-21(13)17-14/h3-8H,1-2,9-10H2. The van der Waals surface area contributed by atoms with Gasteiger partial charge in [-0.2, -0.15) is 0 Å². The van der Waals surface area contributed by atoms with Crippen molar-refractivity contribution in [3.05, 3.63) is 42.0 Å². The SMILES string of the molecule is O=C(c1ccc(Oc2ccc3nnnn3n2)cc1)N1CCCC1. The van der Waals surface area contributed by atoms with Crippen molar-refractivity contribution >= 4 is 11.6 Å². The molecular formula is C15H14N6O2. The zero-order valence-corrected chi connectivity index (χ0v) is 12.3. The largest absolute Gasteiger partial charge is 0.438 e. The molecule has 1 aliphatic rings. The van der Waals surface area contributed by atoms with Gasteiger partial charge in [0.25, 0.3) is 5.91 Å². The molecule has 0 radical (unpaired) electrons. The van der Waals surface area contributed by atoms with Gasteiger partial charge in [-0.15, -0.1) is 14.8 Å². The van der Waals surface area contributed by atoms with Gasteiger partial charge < -0.3 is 9.64 Å². The second-order valence-corrected chi connectivity index (χ2v) is 5.32. The first-order chi connectivity index (χ1) is 11.3. The lowest BCUT2D eigenvalue weighted by molar-refractivity contribution is 0.0793. The number of likely N-dealkylation sites (tertiary alicyclic amines) is 1. The molecule has 23 heavy (non-hydrogen) atoms. The molecule has 0 bridgehead atoms. The van der Waals surface area contributed by atoms with Crippen LogP contribution in [0.5, 0.6) is 11.6 Å². The van der Waals surface area contributed by atoms with Crippen LogP contribution >= 0.6 is 0 Å². The second kappa shape index (κ2) is 5.64. The number of fused-ring (bicyclic) bond motifs is 1. The Morgan fingerprint density at radius 1 is 1.04 bits per heavy atom. The minimum absolute atomic E-state index is 0.0716. The van der Waals surface area contributed by atoms with Crippen LogP contribution in [-0.2, 0) is 0 Å². The summed E-state index contributed by atoms with van der Waals surface area (Å²) in [6.07, 6.45) is 2.16. The van der Waals surface area contributed by atoms with Gasteiger partial charge in [-0.25, -0.2) is 0 Å². The van der Waals surface area contributed by atoms with Gasteiger partial charge in [-0.3, -0.25) is 4.79 Å². The summed E-state index contributed by atoms with van der Waals surface area (Å²) in [6.45, 7) is 1.68. The lowest BCUT2D eigenvalue weighted by Crippen LogP contribution is -2.27. The molecule has 0 N–H and O–H groups in total. The van der Waals surface area contributed by atoms with Crippen molar-refractivity contribution in [3.63, 3.8) is 0 Å². The van der Waals surface area contributed by atoms with Crippen molar-refractivity contribution in [1.29, 1.82) is 0 Å². The zero-order valence-electron chi connectivity index (χ0n) is 12.3. The van der Waals surface area contributed by atoms with Crippen molar-refractivity contribution < 1.29 is 9.53 Å². The summed E-state index contributed by atoms with van der Waals surface area (Å²) in [5.74, 6) is 1.05. The number of carbonyl (C=O) groups is 1. The number of nitrogens with zero attached hydrogens (tertiary/aromatic N) is 6. The number of aromatic nitrogens is 5. The topological polar surface area (TPSA) is 85.5 Å². The van der Waals surface area contributed by atoms with Crippen LogP contribution in [0.15, 0.2) is 36.4 Å². The van der Waals surface area contributed by atoms with Gasteiger partial charge in [-0.1, -0.05) is 0 Å². The van der Waals surface area contributed by atoms with Crippen LogP contribution in [0, 0.1) is 0 Å². The van der Waals surface area contributed by atoms with Crippen LogP contribution in [-0.4, -0.2) is 49.2 Å². The third-order valence-corrected chi connectivity index (χ3v) is 3.76. The Balaban J connectivity index is 1.50. The van der Waals surface area contributed by atoms with Gasteiger partial charge >= 0.3 is 0 Å². The molecule has 0 unspecified atom stereocenters. The number of rotatable bonds is 3. The predicted octanol–water partition coefficient (Wildman–Crippen LogP) is 1.55. The average Bonchev–Trinajstić information content (AvgIpc) is 3.26. The first kappa shape index (κ1) is 13.6. The zero-order chi connectivity index (χ0) is 15.6. The summed E-state index contributed by atoms with van der Waals surface area (Å²) in [7, 11) is 0. The fraction of sp³-hybridized carbons (Fsp3) is 0.267. The maximum Gasteiger partial charge on any atom is 0.253 e. The van der Waals surface area contributed by atoms with Crippen LogP contribution in [0.1, 0.15) is 23.2 Å². The smallest absolute Gasteiger partial charge is 0.253 e. The van der Waals surface area contributed by atoms with Gasteiger partial charge in [-0.05, 0) is 53.6 Å². The first-order valence-electron chi connectivity index (χ1n) is 7.42. The number of amides is 1. The Morgan fingerprint density at radius 3 is 2.61 bits per heavy atom. The molecule has 0 aliphatic carbocycles. The number of hydrogen-bond donors (Lipinski definition) is 0. The molecule has 4 rings (SSSR count). The summed E-state index contributed by atoms with van der Waals surface area (Å²) >= 11 is 0. The molecule has 1 aliphatic heterocycles. The van der Waals surface area contributed by atoms with Crippen LogP contribution < -0.4 is 4.74 Å². The molecule has 2 aromatic heterocycles. The van der Waals surface area contributed by atoms with Crippen molar-refractivity contribution in [1.82, 2.24) is 30.2 Å². The number of ether oxygens (including phenoxy) is 1. The maximum atomic E-state index is 12.3. The van der Waals surface area contributed by atoms with Gasteiger partial charge in [0.1, 0.15) is 5.75 Å². The Kier molecular flexibility index (Phi) is 3.34. The molecule has 1 amide bonds. The normalized spacial score (nSPS) is 14.3. The lowest BCUT2D eigenvalue weighted by Gasteiger charge is -2.15. The molecule has 1 saturated heterocycles. The highest BCUT2D eigenvalue weighted by atomic mass is 16.5. The number of benzene rings is 1. The van der Waals surface area contributed by atoms with E-state index < -0.39 is 0 Å². The summed E-state index contributed by atoms with van der Waals surface area (Å²) < 4.78 is 6.96. The first-order valence-corrected chi connectivity index (χ1v) is 7.42. The van der Waals surface area contributed by atoms with Crippen molar-refractivity contribution in [3.8, 4) is 11.6 Å². The van der Waals surface area contributed by atoms with Gasteiger partial charge in [0.15, 0.2) is 5.65 Å². The number of tetrazole rings is 1. The summed E-state index contributed by atoms with van der Waals surface area (Å²) in [4.78, 5) is 14.2. The minimum Gasteiger partial charge on any atom is -0.438 e. The molecule has 8 nitrogen and oxygen atoms in total. The molecule has 116 valence electrons. The molecule has 8 heteroatoms. The molecule has 0 spiro atoms. The third-order valence-electron chi connectivity index (χ3n) is 3.76. The minimum atomic E-state index is 0.0716. The lowest BCUT2D eigenvalue weighted by atomic mass is 10.2. The van der Waals surface area contributed by atoms with E-state index in [1.54, 1.807) is 36.4 Å². The Morgan fingerprint density at radius 2 is 1.83 bits per heavy atom. The molecule has 3 heterocycles. The highest BCUT2D eigenvalue weighted by Gasteiger charge is 2.19. The van der Waals surface area contributed by atoms with E-state index >= 15 is 0 Å². The average molecular weight is 310 g/mol. The molecule has 0 saturated carbocycles. The second-order valence-electron chi connectivity index (χ2n) is 5.32. The molecule has 1 fully saturated rings. The van der Waals surface area contributed by atoms with E-state index in [2.05, 4.69) is 20.6 Å².